The first-order valence-electron chi connectivity index (χ1n) is 3.67. The monoisotopic (exact) mass is 202 g/mol. The molecule has 0 aromatic heterocycles. The van der Waals surface area contributed by atoms with Crippen LogP contribution in [0.3, 0.4) is 0 Å². The first-order chi connectivity index (χ1) is 6.02. The van der Waals surface area contributed by atoms with Gasteiger partial charge < -0.3 is 5.11 Å². The van der Waals surface area contributed by atoms with Gasteiger partial charge in [-0.3, -0.25) is 4.79 Å². The number of carbonyl (C=O) groups is 1. The maximum absolute atomic E-state index is 12.9. The van der Waals surface area contributed by atoms with Crippen LogP contribution in [0.15, 0.2) is 12.1 Å². The summed E-state index contributed by atoms with van der Waals surface area (Å²) in [4.78, 5) is 10.4. The highest BCUT2D eigenvalue weighted by molar-refractivity contribution is 6.32. The molecule has 0 aliphatic carbocycles. The molecule has 4 heteroatoms. The minimum atomic E-state index is -0.979. The third kappa shape index (κ3) is 2.18. The Morgan fingerprint density at radius 2 is 2.23 bits per heavy atom. The second kappa shape index (κ2) is 3.75. The summed E-state index contributed by atoms with van der Waals surface area (Å²) in [6.45, 7) is 1.52. The summed E-state index contributed by atoms with van der Waals surface area (Å²) in [6.07, 6.45) is -0.181. The Bertz CT molecular complexity index is 350. The molecule has 13 heavy (non-hydrogen) atoms. The highest BCUT2D eigenvalue weighted by Crippen LogP contribution is 2.23. The van der Waals surface area contributed by atoms with Crippen LogP contribution in [0.2, 0.25) is 5.02 Å². The molecule has 1 aromatic carbocycles. The molecule has 0 radical (unpaired) electrons. The molecule has 0 unspecified atom stereocenters. The van der Waals surface area contributed by atoms with E-state index in [1.807, 2.05) is 0 Å². The van der Waals surface area contributed by atoms with Crippen molar-refractivity contribution in [3.63, 3.8) is 0 Å². The number of carboxylic acids is 1. The molecule has 1 N–H and O–H groups in total. The average molecular weight is 203 g/mol. The molecule has 0 atom stereocenters. The van der Waals surface area contributed by atoms with Crippen molar-refractivity contribution in [2.24, 2.45) is 0 Å². The van der Waals surface area contributed by atoms with Crippen LogP contribution in [0, 0.1) is 12.7 Å². The lowest BCUT2D eigenvalue weighted by molar-refractivity contribution is -0.136. The predicted molar refractivity (Wildman–Crippen MR) is 47.5 cm³/mol. The van der Waals surface area contributed by atoms with Crippen LogP contribution in [-0.4, -0.2) is 11.1 Å². The van der Waals surface area contributed by atoms with Crippen LogP contribution >= 0.6 is 11.6 Å². The second-order valence-corrected chi connectivity index (χ2v) is 3.09. The molecule has 0 fully saturated rings. The van der Waals surface area contributed by atoms with E-state index in [2.05, 4.69) is 0 Å². The number of aliphatic carboxylic acids is 1. The van der Waals surface area contributed by atoms with E-state index in [4.69, 9.17) is 16.7 Å². The van der Waals surface area contributed by atoms with Crippen LogP contribution in [0.4, 0.5) is 4.39 Å². The topological polar surface area (TPSA) is 37.3 Å². The Labute approximate surface area is 80.0 Å². The maximum Gasteiger partial charge on any atom is 0.307 e. The molecule has 0 saturated heterocycles. The van der Waals surface area contributed by atoms with E-state index in [-0.39, 0.29) is 11.4 Å². The van der Waals surface area contributed by atoms with Gasteiger partial charge in [-0.2, -0.15) is 0 Å². The van der Waals surface area contributed by atoms with Crippen molar-refractivity contribution in [3.05, 3.63) is 34.1 Å². The van der Waals surface area contributed by atoms with E-state index < -0.39 is 11.8 Å². The molecule has 70 valence electrons. The highest BCUT2D eigenvalue weighted by atomic mass is 35.5. The van der Waals surface area contributed by atoms with Crippen molar-refractivity contribution in [1.29, 1.82) is 0 Å². The van der Waals surface area contributed by atoms with Gasteiger partial charge in [-0.05, 0) is 18.6 Å². The van der Waals surface area contributed by atoms with Gasteiger partial charge in [0.2, 0.25) is 0 Å². The zero-order valence-electron chi connectivity index (χ0n) is 6.97. The Hall–Kier alpha value is -1.09. The van der Waals surface area contributed by atoms with Crippen LogP contribution < -0.4 is 0 Å². The fourth-order valence-corrected chi connectivity index (χ4v) is 1.24. The van der Waals surface area contributed by atoms with Gasteiger partial charge in [0.1, 0.15) is 5.82 Å². The van der Waals surface area contributed by atoms with E-state index >= 15 is 0 Å². The molecule has 0 saturated carbocycles. The third-order valence-electron chi connectivity index (χ3n) is 1.74. The van der Waals surface area contributed by atoms with Crippen molar-refractivity contribution in [3.8, 4) is 0 Å². The molecule has 0 bridgehead atoms. The SMILES string of the molecule is Cc1c(F)ccc(CC(=O)O)c1Cl. The lowest BCUT2D eigenvalue weighted by Crippen LogP contribution is -2.02. The van der Waals surface area contributed by atoms with Crippen LogP contribution in [0.1, 0.15) is 11.1 Å². The summed E-state index contributed by atoms with van der Waals surface area (Å²) < 4.78 is 12.9. The standard InChI is InChI=1S/C9H8ClFO2/c1-5-7(11)3-2-6(9(5)10)4-8(12)13/h2-3H,4H2,1H3,(H,12,13). The smallest absolute Gasteiger partial charge is 0.307 e. The minimum absolute atomic E-state index is 0.181. The Balaban J connectivity index is 3.10. The second-order valence-electron chi connectivity index (χ2n) is 2.72. The van der Waals surface area contributed by atoms with Gasteiger partial charge in [-0.25, -0.2) is 4.39 Å². The summed E-state index contributed by atoms with van der Waals surface area (Å²) in [5.74, 6) is -1.40. The molecule has 0 amide bonds. The van der Waals surface area contributed by atoms with Crippen LogP contribution in [-0.2, 0) is 11.2 Å². The molecular weight excluding hydrogens is 195 g/mol. The zero-order valence-corrected chi connectivity index (χ0v) is 7.73. The molecule has 1 rings (SSSR count). The fourth-order valence-electron chi connectivity index (χ4n) is 1.02. The molecular formula is C9H8ClFO2. The Morgan fingerprint density at radius 1 is 1.62 bits per heavy atom. The van der Waals surface area contributed by atoms with Crippen molar-refractivity contribution in [2.45, 2.75) is 13.3 Å². The summed E-state index contributed by atoms with van der Waals surface area (Å²) >= 11 is 5.74. The van der Waals surface area contributed by atoms with E-state index in [0.717, 1.165) is 0 Å². The number of hydrogen-bond donors (Lipinski definition) is 1. The molecule has 1 aromatic rings. The number of halogens is 2. The van der Waals surface area contributed by atoms with Gasteiger partial charge in [-0.15, -0.1) is 0 Å². The summed E-state index contributed by atoms with van der Waals surface area (Å²) in [6, 6.07) is 2.61. The van der Waals surface area contributed by atoms with Gasteiger partial charge in [0.25, 0.3) is 0 Å². The van der Waals surface area contributed by atoms with E-state index in [1.54, 1.807) is 0 Å². The molecule has 0 aliphatic rings. The average Bonchev–Trinajstić information content (AvgIpc) is 2.06. The van der Waals surface area contributed by atoms with Crippen LogP contribution in [0.25, 0.3) is 0 Å². The van der Waals surface area contributed by atoms with E-state index in [1.165, 1.54) is 19.1 Å². The van der Waals surface area contributed by atoms with Gasteiger partial charge in [0.05, 0.1) is 11.4 Å². The predicted octanol–water partition coefficient (Wildman–Crippen LogP) is 2.41. The van der Waals surface area contributed by atoms with Crippen molar-refractivity contribution < 1.29 is 14.3 Å². The van der Waals surface area contributed by atoms with Gasteiger partial charge in [0.15, 0.2) is 0 Å². The number of rotatable bonds is 2. The number of benzene rings is 1. The maximum atomic E-state index is 12.9. The summed E-state index contributed by atoms with van der Waals surface area (Å²) in [5.41, 5.74) is 0.730. The molecule has 0 aliphatic heterocycles. The quantitative estimate of drug-likeness (QED) is 0.800. The minimum Gasteiger partial charge on any atom is -0.481 e. The first-order valence-corrected chi connectivity index (χ1v) is 4.05. The first kappa shape index (κ1) is 9.99. The highest BCUT2D eigenvalue weighted by Gasteiger charge is 2.10. The fraction of sp³-hybridized carbons (Fsp3) is 0.222. The van der Waals surface area contributed by atoms with Gasteiger partial charge in [0, 0.05) is 5.56 Å². The van der Waals surface area contributed by atoms with Gasteiger partial charge in [-0.1, -0.05) is 17.7 Å². The lowest BCUT2D eigenvalue weighted by Gasteiger charge is -2.04. The van der Waals surface area contributed by atoms with Crippen molar-refractivity contribution in [2.75, 3.05) is 0 Å². The summed E-state index contributed by atoms with van der Waals surface area (Å²) in [5, 5.41) is 8.70. The van der Waals surface area contributed by atoms with Gasteiger partial charge >= 0.3 is 5.97 Å². The molecule has 0 heterocycles. The zero-order chi connectivity index (χ0) is 10.0. The van der Waals surface area contributed by atoms with Crippen LogP contribution in [0.5, 0.6) is 0 Å². The third-order valence-corrected chi connectivity index (χ3v) is 2.27. The van der Waals surface area contributed by atoms with Crippen molar-refractivity contribution in [1.82, 2.24) is 0 Å². The van der Waals surface area contributed by atoms with E-state index in [0.29, 0.717) is 11.1 Å². The largest absolute Gasteiger partial charge is 0.481 e. The summed E-state index contributed by atoms with van der Waals surface area (Å²) in [7, 11) is 0. The molecule has 2 nitrogen and oxygen atoms in total. The normalized spacial score (nSPS) is 10.1. The number of hydrogen-bond acceptors (Lipinski definition) is 1. The lowest BCUT2D eigenvalue weighted by atomic mass is 10.1. The molecule has 0 spiro atoms. The van der Waals surface area contributed by atoms with E-state index in [9.17, 15) is 9.18 Å². The van der Waals surface area contributed by atoms with Crippen molar-refractivity contribution >= 4 is 17.6 Å². The Kier molecular flexibility index (Phi) is 2.88. The Morgan fingerprint density at radius 3 is 2.77 bits per heavy atom. The number of carboxylic acid groups (broad SMARTS) is 1.